The van der Waals surface area contributed by atoms with E-state index in [-0.39, 0.29) is 37.5 Å². The van der Waals surface area contributed by atoms with Crippen molar-refractivity contribution in [3.05, 3.63) is 146 Å². The molecule has 0 aliphatic carbocycles. The van der Waals surface area contributed by atoms with Crippen molar-refractivity contribution in [1.29, 1.82) is 0 Å². The summed E-state index contributed by atoms with van der Waals surface area (Å²) < 4.78 is 16.7. The fourth-order valence-electron chi connectivity index (χ4n) is 7.51. The topological polar surface area (TPSA) is 78.9 Å². The Kier molecular flexibility index (Phi) is 56.0. The predicted octanol–water partition coefficient (Wildman–Crippen LogP) is 20.0. The van der Waals surface area contributed by atoms with E-state index in [1.165, 1.54) is 57.8 Å². The minimum atomic E-state index is -0.808. The number of allylic oxidation sites excluding steroid dienone is 24. The van der Waals surface area contributed by atoms with Crippen LogP contribution in [0.5, 0.6) is 0 Å². The zero-order valence-corrected chi connectivity index (χ0v) is 46.8. The number of ether oxygens (including phenoxy) is 3. The second-order valence-corrected chi connectivity index (χ2v) is 18.8. The zero-order chi connectivity index (χ0) is 52.9. The first kappa shape index (κ1) is 68.3. The van der Waals surface area contributed by atoms with Crippen LogP contribution in [0.15, 0.2) is 146 Å². The Hall–Kier alpha value is -4.71. The Morgan fingerprint density at radius 2 is 0.534 bits per heavy atom. The van der Waals surface area contributed by atoms with Gasteiger partial charge in [-0.2, -0.15) is 0 Å². The first-order valence-electron chi connectivity index (χ1n) is 29.3. The van der Waals surface area contributed by atoms with Gasteiger partial charge in [0.25, 0.3) is 0 Å². The highest BCUT2D eigenvalue weighted by Crippen LogP contribution is 2.13. The van der Waals surface area contributed by atoms with E-state index >= 15 is 0 Å². The molecule has 0 heterocycles. The van der Waals surface area contributed by atoms with E-state index in [1.807, 2.05) is 0 Å². The van der Waals surface area contributed by atoms with Gasteiger partial charge in [-0.15, -0.1) is 0 Å². The largest absolute Gasteiger partial charge is 0.462 e. The quantitative estimate of drug-likeness (QED) is 0.0261. The van der Waals surface area contributed by atoms with Crippen molar-refractivity contribution >= 4 is 17.9 Å². The van der Waals surface area contributed by atoms with Gasteiger partial charge in [-0.3, -0.25) is 14.4 Å². The molecule has 0 fully saturated rings. The molecule has 1 unspecified atom stereocenters. The summed E-state index contributed by atoms with van der Waals surface area (Å²) in [6, 6.07) is 0. The summed E-state index contributed by atoms with van der Waals surface area (Å²) in [5.41, 5.74) is 0. The molecule has 1 atom stereocenters. The summed E-state index contributed by atoms with van der Waals surface area (Å²) >= 11 is 0. The molecule has 0 aliphatic rings. The van der Waals surface area contributed by atoms with Gasteiger partial charge in [0.15, 0.2) is 6.10 Å². The van der Waals surface area contributed by atoms with E-state index in [1.54, 1.807) is 0 Å². The Labute approximate surface area is 448 Å². The van der Waals surface area contributed by atoms with Gasteiger partial charge in [-0.1, -0.05) is 244 Å². The molecule has 0 aromatic rings. The lowest BCUT2D eigenvalue weighted by Gasteiger charge is -2.18. The average molecular weight is 1010 g/mol. The zero-order valence-electron chi connectivity index (χ0n) is 46.8. The molecule has 0 aliphatic heterocycles. The summed E-state index contributed by atoms with van der Waals surface area (Å²) in [5, 5.41) is 0. The molecule has 0 aromatic heterocycles. The van der Waals surface area contributed by atoms with Crippen LogP contribution < -0.4 is 0 Å². The maximum atomic E-state index is 12.8. The summed E-state index contributed by atoms with van der Waals surface area (Å²) in [5.74, 6) is -0.968. The maximum absolute atomic E-state index is 12.8. The third kappa shape index (κ3) is 58.1. The minimum absolute atomic E-state index is 0.103. The van der Waals surface area contributed by atoms with Crippen molar-refractivity contribution < 1.29 is 28.6 Å². The van der Waals surface area contributed by atoms with Gasteiger partial charge < -0.3 is 14.2 Å². The summed E-state index contributed by atoms with van der Waals surface area (Å²) in [7, 11) is 0. The molecule has 6 heteroatoms. The minimum Gasteiger partial charge on any atom is -0.462 e. The van der Waals surface area contributed by atoms with Gasteiger partial charge >= 0.3 is 17.9 Å². The Bertz CT molecular complexity index is 1630. The van der Waals surface area contributed by atoms with Crippen LogP contribution in [0.1, 0.15) is 239 Å². The molecule has 6 nitrogen and oxygen atoms in total. The summed E-state index contributed by atoms with van der Waals surface area (Å²) in [6.07, 6.45) is 85.8. The number of unbranched alkanes of at least 4 members (excludes halogenated alkanes) is 16. The highest BCUT2D eigenvalue weighted by Gasteiger charge is 2.19. The van der Waals surface area contributed by atoms with Crippen LogP contribution in [-0.4, -0.2) is 37.2 Å². The number of hydrogen-bond donors (Lipinski definition) is 0. The third-order valence-electron chi connectivity index (χ3n) is 11.8. The van der Waals surface area contributed by atoms with Gasteiger partial charge in [-0.25, -0.2) is 0 Å². The molecule has 73 heavy (non-hydrogen) atoms. The highest BCUT2D eigenvalue weighted by molar-refractivity contribution is 5.71. The van der Waals surface area contributed by atoms with Crippen molar-refractivity contribution in [3.63, 3.8) is 0 Å². The van der Waals surface area contributed by atoms with E-state index in [0.717, 1.165) is 135 Å². The van der Waals surface area contributed by atoms with E-state index < -0.39 is 6.10 Å². The molecule has 0 rings (SSSR count). The van der Waals surface area contributed by atoms with E-state index in [4.69, 9.17) is 14.2 Å². The van der Waals surface area contributed by atoms with Crippen molar-refractivity contribution in [2.24, 2.45) is 0 Å². The van der Waals surface area contributed by atoms with E-state index in [2.05, 4.69) is 167 Å². The molecule has 0 spiro atoms. The fourth-order valence-corrected chi connectivity index (χ4v) is 7.51. The van der Waals surface area contributed by atoms with Gasteiger partial charge in [0.1, 0.15) is 13.2 Å². The smallest absolute Gasteiger partial charge is 0.306 e. The van der Waals surface area contributed by atoms with Crippen LogP contribution in [0.4, 0.5) is 0 Å². The van der Waals surface area contributed by atoms with Crippen LogP contribution >= 0.6 is 0 Å². The molecule has 0 saturated carbocycles. The lowest BCUT2D eigenvalue weighted by atomic mass is 10.1. The SMILES string of the molecule is CC/C=C\C/C=C\C/C=C\C/C=C\C/C=C\C/C=C\CCCCCCCCCCC(=O)OCC(COC(=O)CCCCCCCCC)OC(=O)CCCC/C=C\C/C=C\C/C=C\C/C=C\C/C=C\C/C=C\CC. The summed E-state index contributed by atoms with van der Waals surface area (Å²) in [6.45, 7) is 6.31. The molecule has 0 amide bonds. The van der Waals surface area contributed by atoms with Crippen LogP contribution in [0.25, 0.3) is 0 Å². The first-order chi connectivity index (χ1) is 36.0. The second kappa shape index (κ2) is 59.8. The number of esters is 3. The molecule has 410 valence electrons. The monoisotopic (exact) mass is 1010 g/mol. The highest BCUT2D eigenvalue weighted by atomic mass is 16.6. The van der Waals surface area contributed by atoms with Crippen molar-refractivity contribution in [3.8, 4) is 0 Å². The Morgan fingerprint density at radius 1 is 0.288 bits per heavy atom. The van der Waals surface area contributed by atoms with Crippen molar-refractivity contribution in [1.82, 2.24) is 0 Å². The lowest BCUT2D eigenvalue weighted by Crippen LogP contribution is -2.30. The van der Waals surface area contributed by atoms with Gasteiger partial charge in [0, 0.05) is 19.3 Å². The van der Waals surface area contributed by atoms with Crippen molar-refractivity contribution in [2.75, 3.05) is 13.2 Å². The number of carbonyl (C=O) groups is 3. The van der Waals surface area contributed by atoms with Crippen LogP contribution in [-0.2, 0) is 28.6 Å². The normalized spacial score (nSPS) is 13.2. The standard InChI is InChI=1S/C67H106O6/c1-4-7-10-13-16-18-20-22-24-26-28-30-31-32-33-34-35-37-38-40-42-44-46-48-51-54-57-60-66(69)72-63-64(62-71-65(68)59-56-53-50-15-12-9-6-3)73-67(70)61-58-55-52-49-47-45-43-41-39-36-29-27-25-23-21-19-17-14-11-8-5-2/h7-8,10-11,16-19,22-25,28-30,32-33,35-37,41,43,47,49,64H,4-6,9,12-15,20-21,26-27,31,34,38-40,42,44-46,48,50-63H2,1-3H3/b10-7-,11-8-,18-16-,19-17-,24-22-,25-23-,30-28-,33-32-,36-29-,37-35-,43-41-,49-47-. The first-order valence-corrected chi connectivity index (χ1v) is 29.3. The van der Waals surface area contributed by atoms with E-state index in [9.17, 15) is 14.4 Å². The maximum Gasteiger partial charge on any atom is 0.306 e. The van der Waals surface area contributed by atoms with Crippen LogP contribution in [0, 0.1) is 0 Å². The van der Waals surface area contributed by atoms with Gasteiger partial charge in [0.2, 0.25) is 0 Å². The summed E-state index contributed by atoms with van der Waals surface area (Å²) in [4.78, 5) is 38.0. The Balaban J connectivity index is 4.30. The van der Waals surface area contributed by atoms with Crippen LogP contribution in [0.3, 0.4) is 0 Å². The van der Waals surface area contributed by atoms with Crippen molar-refractivity contribution in [2.45, 2.75) is 245 Å². The molecular formula is C67H106O6. The predicted molar refractivity (Wildman–Crippen MR) is 315 cm³/mol. The number of rotatable bonds is 51. The average Bonchev–Trinajstić information content (AvgIpc) is 3.39. The van der Waals surface area contributed by atoms with E-state index in [0.29, 0.717) is 19.3 Å². The molecular weight excluding hydrogens is 901 g/mol. The van der Waals surface area contributed by atoms with Gasteiger partial charge in [0.05, 0.1) is 0 Å². The molecule has 0 bridgehead atoms. The molecule has 0 radical (unpaired) electrons. The lowest BCUT2D eigenvalue weighted by molar-refractivity contribution is -0.167. The Morgan fingerprint density at radius 3 is 0.863 bits per heavy atom. The van der Waals surface area contributed by atoms with Crippen LogP contribution in [0.2, 0.25) is 0 Å². The molecule has 0 saturated heterocycles. The van der Waals surface area contributed by atoms with Gasteiger partial charge in [-0.05, 0) is 122 Å². The molecule has 0 aromatic carbocycles. The second-order valence-electron chi connectivity index (χ2n) is 18.8. The molecule has 0 N–H and O–H groups in total. The number of hydrogen-bond acceptors (Lipinski definition) is 6. The third-order valence-corrected chi connectivity index (χ3v) is 11.8. The fraction of sp³-hybridized carbons (Fsp3) is 0.597. The number of carbonyl (C=O) groups excluding carboxylic acids is 3.